The van der Waals surface area contributed by atoms with Crippen LogP contribution in [0.1, 0.15) is 5.56 Å². The zero-order valence-corrected chi connectivity index (χ0v) is 16.4. The van der Waals surface area contributed by atoms with E-state index in [1.165, 1.54) is 0 Å². The summed E-state index contributed by atoms with van der Waals surface area (Å²) in [5, 5.41) is 9.78. The largest absolute Gasteiger partial charge is 0.490 e. The first-order valence-corrected chi connectivity index (χ1v) is 9.30. The number of carboxylic acid groups (broad SMARTS) is 1. The maximum Gasteiger partial charge on any atom is 0.490 e. The molecule has 2 atom stereocenters. The number of ether oxygens (including phenoxy) is 1. The Kier molecular flexibility index (Phi) is 8.18. The summed E-state index contributed by atoms with van der Waals surface area (Å²) in [7, 11) is 1.64. The van der Waals surface area contributed by atoms with Gasteiger partial charge in [-0.1, -0.05) is 30.3 Å². The molecule has 0 aromatic heterocycles. The van der Waals surface area contributed by atoms with Crippen LogP contribution in [0.3, 0.4) is 0 Å². The second-order valence-electron chi connectivity index (χ2n) is 6.88. The van der Waals surface area contributed by atoms with E-state index in [4.69, 9.17) is 14.6 Å². The summed E-state index contributed by atoms with van der Waals surface area (Å²) in [5.41, 5.74) is 1.02. The molecule has 1 aromatic rings. The fourth-order valence-corrected chi connectivity index (χ4v) is 3.30. The molecule has 0 unspecified atom stereocenters. The van der Waals surface area contributed by atoms with E-state index in [0.717, 1.165) is 12.1 Å². The van der Waals surface area contributed by atoms with E-state index in [1.54, 1.807) is 7.05 Å². The molecule has 3 rings (SSSR count). The van der Waals surface area contributed by atoms with Gasteiger partial charge in [-0.25, -0.2) is 4.79 Å². The molecule has 166 valence electrons. The molecule has 0 saturated carbocycles. The van der Waals surface area contributed by atoms with Crippen LogP contribution in [0, 0.1) is 0 Å². The minimum atomic E-state index is -5.08. The highest BCUT2D eigenvalue weighted by Gasteiger charge is 2.42. The quantitative estimate of drug-likeness (QED) is 0.721. The van der Waals surface area contributed by atoms with Crippen LogP contribution in [0.5, 0.6) is 0 Å². The van der Waals surface area contributed by atoms with Crippen LogP contribution in [-0.2, 0) is 25.5 Å². The Morgan fingerprint density at radius 3 is 2.40 bits per heavy atom. The molecule has 2 amide bonds. The standard InChI is InChI=1S/C17H23N3O3.C2HF3O2/c1-18-16(21)12-19-7-8-23-15-11-20(10-14(15)19)17(22)9-13-5-3-2-4-6-13;3-2(4,5)1(6)7/h2-6,14-15H,7-12H2,1H3,(H,18,21);(H,6,7)/t14-,15+;/m1./s1. The first-order chi connectivity index (χ1) is 14.1. The van der Waals surface area contributed by atoms with Crippen molar-refractivity contribution in [2.45, 2.75) is 24.7 Å². The predicted molar refractivity (Wildman–Crippen MR) is 99.6 cm³/mol. The van der Waals surface area contributed by atoms with Crippen molar-refractivity contribution in [3.63, 3.8) is 0 Å². The van der Waals surface area contributed by atoms with Gasteiger partial charge in [0.05, 0.1) is 31.7 Å². The lowest BCUT2D eigenvalue weighted by molar-refractivity contribution is -0.192. The van der Waals surface area contributed by atoms with Gasteiger partial charge in [0.15, 0.2) is 0 Å². The molecule has 2 aliphatic rings. The van der Waals surface area contributed by atoms with Crippen LogP contribution in [0.25, 0.3) is 0 Å². The highest BCUT2D eigenvalue weighted by molar-refractivity contribution is 5.79. The third-order valence-corrected chi connectivity index (χ3v) is 4.84. The van der Waals surface area contributed by atoms with Crippen molar-refractivity contribution < 1.29 is 37.4 Å². The first-order valence-electron chi connectivity index (χ1n) is 9.30. The summed E-state index contributed by atoms with van der Waals surface area (Å²) in [6.45, 7) is 2.95. The Morgan fingerprint density at radius 1 is 1.20 bits per heavy atom. The Labute approximate surface area is 171 Å². The molecule has 30 heavy (non-hydrogen) atoms. The van der Waals surface area contributed by atoms with Crippen molar-refractivity contribution in [3.05, 3.63) is 35.9 Å². The number of rotatable bonds is 4. The predicted octanol–water partition coefficient (Wildman–Crippen LogP) is 0.520. The molecule has 1 aromatic carbocycles. The number of nitrogens with zero attached hydrogens (tertiary/aromatic N) is 2. The molecule has 2 fully saturated rings. The number of alkyl halides is 3. The minimum absolute atomic E-state index is 0.000267. The van der Waals surface area contributed by atoms with Gasteiger partial charge >= 0.3 is 12.1 Å². The molecule has 8 nitrogen and oxygen atoms in total. The van der Waals surface area contributed by atoms with Crippen molar-refractivity contribution in [2.24, 2.45) is 0 Å². The number of nitrogens with one attached hydrogen (secondary N) is 1. The Bertz CT molecular complexity index is 745. The van der Waals surface area contributed by atoms with Crippen molar-refractivity contribution in [3.8, 4) is 0 Å². The number of benzene rings is 1. The summed E-state index contributed by atoms with van der Waals surface area (Å²) < 4.78 is 37.5. The Morgan fingerprint density at radius 2 is 1.83 bits per heavy atom. The lowest BCUT2D eigenvalue weighted by Gasteiger charge is -2.35. The van der Waals surface area contributed by atoms with Crippen LogP contribution < -0.4 is 5.32 Å². The normalized spacial score (nSPS) is 21.3. The topological polar surface area (TPSA) is 99.2 Å². The second kappa shape index (κ2) is 10.4. The van der Waals surface area contributed by atoms with Crippen LogP contribution in [0.15, 0.2) is 30.3 Å². The maximum atomic E-state index is 12.5. The van der Waals surface area contributed by atoms with Gasteiger partial charge < -0.3 is 20.1 Å². The highest BCUT2D eigenvalue weighted by atomic mass is 19.4. The number of hydrogen-bond donors (Lipinski definition) is 2. The third kappa shape index (κ3) is 6.70. The van der Waals surface area contributed by atoms with Gasteiger partial charge in [0, 0.05) is 26.7 Å². The molecule has 0 aliphatic carbocycles. The number of amides is 2. The van der Waals surface area contributed by atoms with Gasteiger partial charge in [-0.3, -0.25) is 14.5 Å². The number of morpholine rings is 1. The highest BCUT2D eigenvalue weighted by Crippen LogP contribution is 2.23. The van der Waals surface area contributed by atoms with Crippen molar-refractivity contribution >= 4 is 17.8 Å². The SMILES string of the molecule is CNC(=O)CN1CCO[C@H]2CN(C(=O)Cc3ccccc3)C[C@H]21.O=C(O)C(F)(F)F. The number of fused-ring (bicyclic) bond motifs is 1. The van der Waals surface area contributed by atoms with E-state index in [1.807, 2.05) is 35.2 Å². The van der Waals surface area contributed by atoms with Gasteiger partial charge in [0.2, 0.25) is 11.8 Å². The van der Waals surface area contributed by atoms with E-state index in [0.29, 0.717) is 32.7 Å². The van der Waals surface area contributed by atoms with Crippen molar-refractivity contribution in [2.75, 3.05) is 39.8 Å². The third-order valence-electron chi connectivity index (χ3n) is 4.84. The minimum Gasteiger partial charge on any atom is -0.475 e. The van der Waals surface area contributed by atoms with Gasteiger partial charge in [-0.2, -0.15) is 13.2 Å². The zero-order valence-electron chi connectivity index (χ0n) is 16.4. The molecule has 2 N–H and O–H groups in total. The number of hydrogen-bond acceptors (Lipinski definition) is 5. The molecule has 2 heterocycles. The number of carbonyl (C=O) groups is 3. The molecular weight excluding hydrogens is 407 g/mol. The number of carbonyl (C=O) groups excluding carboxylic acids is 2. The average molecular weight is 431 g/mol. The fraction of sp³-hybridized carbons (Fsp3) is 0.526. The van der Waals surface area contributed by atoms with E-state index in [-0.39, 0.29) is 24.0 Å². The van der Waals surface area contributed by atoms with Crippen LogP contribution in [0.2, 0.25) is 0 Å². The van der Waals surface area contributed by atoms with Gasteiger partial charge in [0.25, 0.3) is 0 Å². The first kappa shape index (κ1) is 23.6. The molecule has 11 heteroatoms. The summed E-state index contributed by atoms with van der Waals surface area (Å²) in [6.07, 6.45) is -4.66. The van der Waals surface area contributed by atoms with Crippen LogP contribution in [0.4, 0.5) is 13.2 Å². The summed E-state index contributed by atoms with van der Waals surface area (Å²) >= 11 is 0. The number of carboxylic acids is 1. The number of aliphatic carboxylic acids is 1. The molecule has 0 bridgehead atoms. The molecule has 0 spiro atoms. The number of halogens is 3. The zero-order chi connectivity index (χ0) is 22.3. The maximum absolute atomic E-state index is 12.5. The summed E-state index contributed by atoms with van der Waals surface area (Å²) in [5.74, 6) is -2.64. The molecule has 2 saturated heterocycles. The molecule has 2 aliphatic heterocycles. The van der Waals surface area contributed by atoms with Gasteiger partial charge in [-0.05, 0) is 5.56 Å². The average Bonchev–Trinajstić information content (AvgIpc) is 3.14. The van der Waals surface area contributed by atoms with Crippen LogP contribution in [-0.4, -0.2) is 90.8 Å². The summed E-state index contributed by atoms with van der Waals surface area (Å²) in [4.78, 5) is 37.1. The smallest absolute Gasteiger partial charge is 0.475 e. The molecule has 0 radical (unpaired) electrons. The van der Waals surface area contributed by atoms with E-state index in [2.05, 4.69) is 10.2 Å². The monoisotopic (exact) mass is 431 g/mol. The second-order valence-corrected chi connectivity index (χ2v) is 6.88. The number of likely N-dealkylation sites (N-methyl/N-ethyl adjacent to an activating group) is 1. The Balaban J connectivity index is 0.000000396. The fourth-order valence-electron chi connectivity index (χ4n) is 3.30. The van der Waals surface area contributed by atoms with Crippen molar-refractivity contribution in [1.82, 2.24) is 15.1 Å². The van der Waals surface area contributed by atoms with E-state index in [9.17, 15) is 22.8 Å². The number of likely N-dealkylation sites (tertiary alicyclic amines) is 1. The lowest BCUT2D eigenvalue weighted by Crippen LogP contribution is -2.53. The van der Waals surface area contributed by atoms with Gasteiger partial charge in [0.1, 0.15) is 0 Å². The summed E-state index contributed by atoms with van der Waals surface area (Å²) in [6, 6.07) is 9.88. The van der Waals surface area contributed by atoms with E-state index >= 15 is 0 Å². The van der Waals surface area contributed by atoms with Crippen LogP contribution >= 0.6 is 0 Å². The lowest BCUT2D eigenvalue weighted by atomic mass is 10.1. The molecular formula is C19H24F3N3O5. The van der Waals surface area contributed by atoms with Gasteiger partial charge in [-0.15, -0.1) is 0 Å². The van der Waals surface area contributed by atoms with E-state index < -0.39 is 12.1 Å². The Hall–Kier alpha value is -2.66. The van der Waals surface area contributed by atoms with Crippen molar-refractivity contribution in [1.29, 1.82) is 0 Å².